The van der Waals surface area contributed by atoms with Crippen LogP contribution >= 0.6 is 11.3 Å². The molecule has 0 saturated carbocycles. The van der Waals surface area contributed by atoms with E-state index in [2.05, 4.69) is 91.0 Å². The van der Waals surface area contributed by atoms with E-state index in [1.807, 2.05) is 23.7 Å². The van der Waals surface area contributed by atoms with E-state index in [1.54, 1.807) is 22.9 Å². The second-order valence-electron chi connectivity index (χ2n) is 14.5. The van der Waals surface area contributed by atoms with Gasteiger partial charge in [0, 0.05) is 23.5 Å². The highest BCUT2D eigenvalue weighted by atomic mass is 32.1. The minimum Gasteiger partial charge on any atom is -0.453 e. The number of aromatic nitrogens is 4. The van der Waals surface area contributed by atoms with Crippen molar-refractivity contribution in [2.45, 2.75) is 56.8 Å². The van der Waals surface area contributed by atoms with Crippen LogP contribution in [0.1, 0.15) is 67.3 Å². The summed E-state index contributed by atoms with van der Waals surface area (Å²) < 4.78 is 9.47. The van der Waals surface area contributed by atoms with E-state index in [0.29, 0.717) is 18.9 Å². The van der Waals surface area contributed by atoms with Crippen molar-refractivity contribution in [1.29, 1.82) is 0 Å². The Labute approximate surface area is 339 Å². The van der Waals surface area contributed by atoms with Crippen molar-refractivity contribution in [2.75, 3.05) is 27.3 Å². The molecule has 0 aliphatic carbocycles. The molecule has 6 aromatic rings. The van der Waals surface area contributed by atoms with Crippen molar-refractivity contribution in [2.24, 2.45) is 0 Å². The third-order valence-electron chi connectivity index (χ3n) is 11.0. The number of likely N-dealkylation sites (tertiary alicyclic amines) is 2. The average Bonchev–Trinajstić information content (AvgIpc) is 4.11. The number of nitrogens with zero attached hydrogens (tertiary/aromatic N) is 4. The zero-order chi connectivity index (χ0) is 40.3. The molecule has 58 heavy (non-hydrogen) atoms. The molecule has 2 saturated heterocycles. The first-order valence-electron chi connectivity index (χ1n) is 19.3. The molecule has 0 spiro atoms. The normalized spacial score (nSPS) is 17.6. The van der Waals surface area contributed by atoms with Crippen LogP contribution in [0.15, 0.2) is 90.6 Å². The maximum absolute atomic E-state index is 13.8. The largest absolute Gasteiger partial charge is 0.453 e. The van der Waals surface area contributed by atoms with E-state index in [1.165, 1.54) is 25.6 Å². The summed E-state index contributed by atoms with van der Waals surface area (Å²) in [6.45, 7) is 2.82. The van der Waals surface area contributed by atoms with E-state index in [-0.39, 0.29) is 23.9 Å². The summed E-state index contributed by atoms with van der Waals surface area (Å²) in [5.41, 5.74) is 5.85. The lowest BCUT2D eigenvalue weighted by Crippen LogP contribution is -2.46. The molecule has 4 unspecified atom stereocenters. The molecular weight excluding hydrogens is 757 g/mol. The van der Waals surface area contributed by atoms with Gasteiger partial charge in [-0.3, -0.25) is 9.59 Å². The molecule has 0 radical (unpaired) electrons. The number of methoxy groups -OCH3 is 2. The summed E-state index contributed by atoms with van der Waals surface area (Å²) in [7, 11) is 2.56. The predicted octanol–water partition coefficient (Wildman–Crippen LogP) is 7.52. The number of carbonyl (C=O) groups excluding carboxylic acids is 4. The lowest BCUT2D eigenvalue weighted by atomic mass is 9.98. The summed E-state index contributed by atoms with van der Waals surface area (Å²) in [6.07, 6.45) is 5.54. The molecule has 15 heteroatoms. The second kappa shape index (κ2) is 16.5. The van der Waals surface area contributed by atoms with Gasteiger partial charge in [0.2, 0.25) is 5.91 Å². The molecule has 4 atom stereocenters. The lowest BCUT2D eigenvalue weighted by Gasteiger charge is -2.27. The monoisotopic (exact) mass is 800 g/mol. The molecular formula is C43H44N8O6S. The number of hydrogen-bond acceptors (Lipinski definition) is 9. The van der Waals surface area contributed by atoms with Crippen molar-refractivity contribution in [1.82, 2.24) is 40.4 Å². The number of aromatic amines is 2. The van der Waals surface area contributed by atoms with Crippen LogP contribution in [0.5, 0.6) is 0 Å². The van der Waals surface area contributed by atoms with Crippen LogP contribution in [0.2, 0.25) is 0 Å². The summed E-state index contributed by atoms with van der Waals surface area (Å²) in [5.74, 6) is 1.07. The Morgan fingerprint density at radius 2 is 1.24 bits per heavy atom. The van der Waals surface area contributed by atoms with Crippen LogP contribution in [0.25, 0.3) is 44.4 Å². The third-order valence-corrected chi connectivity index (χ3v) is 11.9. The van der Waals surface area contributed by atoms with Crippen molar-refractivity contribution in [3.8, 4) is 33.6 Å². The number of thiophene rings is 1. The Morgan fingerprint density at radius 1 is 0.707 bits per heavy atom. The minimum absolute atomic E-state index is 0.171. The van der Waals surface area contributed by atoms with Gasteiger partial charge in [-0.05, 0) is 83.6 Å². The highest BCUT2D eigenvalue weighted by molar-refractivity contribution is 7.10. The molecule has 4 N–H and O–H groups in total. The number of amides is 4. The SMILES string of the molecule is COC(=O)NC(C)C(=O)N1CCCC1c1ncc(-c2ccc3cc(-c4ccc(-c5cnc(C6CCCN6C(=O)C(NC(=O)OC)c6cccs6)[nH]5)cc4)ccc3c2)[nH]1. The molecule has 298 valence electrons. The van der Waals surface area contributed by atoms with Gasteiger partial charge in [-0.1, -0.05) is 54.6 Å². The minimum atomic E-state index is -0.834. The van der Waals surface area contributed by atoms with Crippen molar-refractivity contribution in [3.63, 3.8) is 0 Å². The van der Waals surface area contributed by atoms with Gasteiger partial charge in [0.15, 0.2) is 0 Å². The van der Waals surface area contributed by atoms with Crippen molar-refractivity contribution in [3.05, 3.63) is 107 Å². The molecule has 8 rings (SSSR count). The Hall–Kier alpha value is -6.48. The number of rotatable bonds is 10. The molecule has 0 bridgehead atoms. The maximum Gasteiger partial charge on any atom is 0.407 e. The van der Waals surface area contributed by atoms with Gasteiger partial charge in [0.05, 0.1) is 50.1 Å². The number of nitrogens with one attached hydrogen (secondary N) is 4. The van der Waals surface area contributed by atoms with Gasteiger partial charge >= 0.3 is 12.2 Å². The van der Waals surface area contributed by atoms with E-state index < -0.39 is 24.3 Å². The van der Waals surface area contributed by atoms with Gasteiger partial charge < -0.3 is 39.9 Å². The molecule has 2 aliphatic rings. The summed E-state index contributed by atoms with van der Waals surface area (Å²) in [4.78, 5) is 71.4. The maximum atomic E-state index is 13.8. The third kappa shape index (κ3) is 7.77. The van der Waals surface area contributed by atoms with E-state index >= 15 is 0 Å². The van der Waals surface area contributed by atoms with Crippen LogP contribution in [0.4, 0.5) is 9.59 Å². The highest BCUT2D eigenvalue weighted by Gasteiger charge is 2.38. The fraction of sp³-hybridized carbons (Fsp3) is 0.302. The molecule has 4 amide bonds. The number of imidazole rings is 2. The van der Waals surface area contributed by atoms with Crippen LogP contribution in [-0.2, 0) is 19.1 Å². The van der Waals surface area contributed by atoms with Gasteiger partial charge in [-0.2, -0.15) is 0 Å². The first kappa shape index (κ1) is 38.4. The quantitative estimate of drug-likeness (QED) is 0.110. The van der Waals surface area contributed by atoms with Crippen LogP contribution in [0, 0.1) is 0 Å². The first-order valence-corrected chi connectivity index (χ1v) is 20.2. The highest BCUT2D eigenvalue weighted by Crippen LogP contribution is 2.36. The molecule has 14 nitrogen and oxygen atoms in total. The number of hydrogen-bond donors (Lipinski definition) is 4. The van der Waals surface area contributed by atoms with Gasteiger partial charge in [-0.25, -0.2) is 19.6 Å². The number of fused-ring (bicyclic) bond motifs is 1. The topological polar surface area (TPSA) is 175 Å². The smallest absolute Gasteiger partial charge is 0.407 e. The standard InChI is InChI=1S/C43H44N8O6S/c1-25(46-42(54)56-2)40(52)50-18-4-7-34(50)38-45-24-33(48-38)31-17-16-29-21-28(14-15-30(29)22-31)26-10-12-27(13-11-26)32-23-44-39(47-32)35-8-5-19-51(35)41(53)37(49-43(55)57-3)36-9-6-20-58-36/h6,9-17,20-25,34-35,37H,4-5,7-8,18-19H2,1-3H3,(H,44,47)(H,45,48)(H,46,54)(H,49,55). The van der Waals surface area contributed by atoms with Gasteiger partial charge in [0.25, 0.3) is 5.91 Å². The lowest BCUT2D eigenvalue weighted by molar-refractivity contribution is -0.135. The zero-order valence-electron chi connectivity index (χ0n) is 32.4. The fourth-order valence-corrected chi connectivity index (χ4v) is 8.74. The molecule has 2 aliphatic heterocycles. The summed E-state index contributed by atoms with van der Waals surface area (Å²) in [6, 6.07) is 22.7. The Balaban J connectivity index is 0.939. The van der Waals surface area contributed by atoms with Crippen LogP contribution in [0.3, 0.4) is 0 Å². The van der Waals surface area contributed by atoms with E-state index in [4.69, 9.17) is 9.72 Å². The number of alkyl carbamates (subject to hydrolysis) is 2. The number of ether oxygens (including phenoxy) is 2. The molecule has 2 fully saturated rings. The Morgan fingerprint density at radius 3 is 1.84 bits per heavy atom. The Bertz CT molecular complexity index is 2440. The Kier molecular flexibility index (Phi) is 11.0. The van der Waals surface area contributed by atoms with E-state index in [0.717, 1.165) is 80.8 Å². The molecule has 5 heterocycles. The number of carbonyl (C=O) groups is 4. The van der Waals surface area contributed by atoms with E-state index in [9.17, 15) is 19.2 Å². The van der Waals surface area contributed by atoms with Gasteiger partial charge in [-0.15, -0.1) is 11.3 Å². The van der Waals surface area contributed by atoms with Gasteiger partial charge in [0.1, 0.15) is 23.7 Å². The van der Waals surface area contributed by atoms with Crippen molar-refractivity contribution < 1.29 is 28.7 Å². The van der Waals surface area contributed by atoms with Crippen molar-refractivity contribution >= 4 is 46.1 Å². The first-order chi connectivity index (χ1) is 28.2. The fourth-order valence-electron chi connectivity index (χ4n) is 7.97. The predicted molar refractivity (Wildman–Crippen MR) is 220 cm³/mol. The molecule has 3 aromatic carbocycles. The second-order valence-corrected chi connectivity index (χ2v) is 15.5. The average molecular weight is 801 g/mol. The molecule has 3 aromatic heterocycles. The summed E-state index contributed by atoms with van der Waals surface area (Å²) in [5, 5.41) is 9.34. The zero-order valence-corrected chi connectivity index (χ0v) is 33.2. The van der Waals surface area contributed by atoms with Crippen LogP contribution < -0.4 is 10.6 Å². The summed E-state index contributed by atoms with van der Waals surface area (Å²) >= 11 is 1.41. The number of benzene rings is 3. The number of H-pyrrole nitrogens is 2. The van der Waals surface area contributed by atoms with Crippen LogP contribution in [-0.4, -0.2) is 87.1 Å².